The molecule has 19 heavy (non-hydrogen) atoms. The molecule has 0 saturated heterocycles. The van der Waals surface area contributed by atoms with E-state index in [0.717, 1.165) is 12.3 Å². The van der Waals surface area contributed by atoms with Gasteiger partial charge in [0.15, 0.2) is 18.2 Å². The van der Waals surface area contributed by atoms with Crippen LogP contribution in [0.3, 0.4) is 0 Å². The quantitative estimate of drug-likeness (QED) is 0.906. The summed E-state index contributed by atoms with van der Waals surface area (Å²) in [7, 11) is 0. The summed E-state index contributed by atoms with van der Waals surface area (Å²) in [6.07, 6.45) is 4.88. The van der Waals surface area contributed by atoms with Gasteiger partial charge in [0, 0.05) is 6.04 Å². The van der Waals surface area contributed by atoms with E-state index >= 15 is 0 Å². The van der Waals surface area contributed by atoms with Crippen molar-refractivity contribution in [3.63, 3.8) is 0 Å². The Morgan fingerprint density at radius 2 is 2.16 bits per heavy atom. The smallest absolute Gasteiger partial charge is 0.258 e. The van der Waals surface area contributed by atoms with Crippen LogP contribution in [0.2, 0.25) is 0 Å². The average Bonchev–Trinajstić information content (AvgIpc) is 3.00. The maximum atomic E-state index is 13.3. The molecule has 1 aromatic rings. The molecule has 1 amide bonds. The van der Waals surface area contributed by atoms with Gasteiger partial charge in [0.1, 0.15) is 0 Å². The summed E-state index contributed by atoms with van der Waals surface area (Å²) >= 11 is 0. The number of carbonyl (C=O) groups excluding carboxylic acids is 1. The second kappa shape index (κ2) is 5.19. The Hall–Kier alpha value is -1.58. The zero-order valence-corrected chi connectivity index (χ0v) is 10.8. The number of para-hydroxylation sites is 1. The summed E-state index contributed by atoms with van der Waals surface area (Å²) in [4.78, 5) is 11.8. The van der Waals surface area contributed by atoms with E-state index in [9.17, 15) is 9.18 Å². The first-order valence-electron chi connectivity index (χ1n) is 6.89. The lowest BCUT2D eigenvalue weighted by molar-refractivity contribution is -0.124. The van der Waals surface area contributed by atoms with Gasteiger partial charge in [-0.15, -0.1) is 0 Å². The summed E-state index contributed by atoms with van der Waals surface area (Å²) in [5.41, 5.74) is 0. The van der Waals surface area contributed by atoms with Crippen LogP contribution in [0.15, 0.2) is 24.3 Å². The molecule has 2 saturated carbocycles. The molecule has 1 aromatic carbocycles. The Morgan fingerprint density at radius 3 is 2.84 bits per heavy atom. The standard InChI is InChI=1S/C15H18FNO2/c16-12-3-1-2-4-14(12)19-9-15(18)17-13-8-10-5-6-11(13)7-10/h1-4,10-11,13H,5-9H2,(H,17,18)/t10-,11-,13-/m0/s1. The number of fused-ring (bicyclic) bond motifs is 2. The van der Waals surface area contributed by atoms with Gasteiger partial charge in [0.05, 0.1) is 0 Å². The van der Waals surface area contributed by atoms with Crippen molar-refractivity contribution in [2.45, 2.75) is 31.7 Å². The Labute approximate surface area is 112 Å². The zero-order valence-electron chi connectivity index (χ0n) is 10.8. The SMILES string of the molecule is O=C(COc1ccccc1F)N[C@H]1C[C@H]2CC[C@H]1C2. The van der Waals surface area contributed by atoms with E-state index in [1.165, 1.54) is 31.4 Å². The Bertz CT molecular complexity index is 477. The molecule has 0 radical (unpaired) electrons. The van der Waals surface area contributed by atoms with Crippen molar-refractivity contribution < 1.29 is 13.9 Å². The lowest BCUT2D eigenvalue weighted by Crippen LogP contribution is -2.40. The Morgan fingerprint density at radius 1 is 1.32 bits per heavy atom. The molecular formula is C15H18FNO2. The highest BCUT2D eigenvalue weighted by Crippen LogP contribution is 2.44. The second-order valence-electron chi connectivity index (χ2n) is 5.57. The fourth-order valence-electron chi connectivity index (χ4n) is 3.38. The van der Waals surface area contributed by atoms with Gasteiger partial charge in [-0.3, -0.25) is 4.79 Å². The highest BCUT2D eigenvalue weighted by molar-refractivity contribution is 5.78. The molecule has 3 rings (SSSR count). The topological polar surface area (TPSA) is 38.3 Å². The van der Waals surface area contributed by atoms with Crippen LogP contribution in [0.5, 0.6) is 5.75 Å². The highest BCUT2D eigenvalue weighted by atomic mass is 19.1. The van der Waals surface area contributed by atoms with Gasteiger partial charge in [0.25, 0.3) is 5.91 Å². The van der Waals surface area contributed by atoms with E-state index < -0.39 is 5.82 Å². The molecule has 2 bridgehead atoms. The van der Waals surface area contributed by atoms with Gasteiger partial charge >= 0.3 is 0 Å². The summed E-state index contributed by atoms with van der Waals surface area (Å²) in [5.74, 6) is 0.979. The van der Waals surface area contributed by atoms with E-state index in [1.54, 1.807) is 12.1 Å². The maximum Gasteiger partial charge on any atom is 0.258 e. The van der Waals surface area contributed by atoms with E-state index in [0.29, 0.717) is 12.0 Å². The van der Waals surface area contributed by atoms with Crippen LogP contribution in [-0.2, 0) is 4.79 Å². The van der Waals surface area contributed by atoms with Crippen molar-refractivity contribution in [3.8, 4) is 5.75 Å². The number of benzene rings is 1. The number of ether oxygens (including phenoxy) is 1. The monoisotopic (exact) mass is 263 g/mol. The number of amides is 1. The van der Waals surface area contributed by atoms with Crippen LogP contribution in [-0.4, -0.2) is 18.6 Å². The molecule has 0 aliphatic heterocycles. The third kappa shape index (κ3) is 2.72. The molecule has 2 aliphatic rings. The summed E-state index contributed by atoms with van der Waals surface area (Å²) in [5, 5.41) is 3.01. The van der Waals surface area contributed by atoms with Crippen LogP contribution in [0, 0.1) is 17.7 Å². The number of rotatable bonds is 4. The second-order valence-corrected chi connectivity index (χ2v) is 5.57. The number of carbonyl (C=O) groups is 1. The lowest BCUT2D eigenvalue weighted by atomic mass is 9.95. The third-order valence-corrected chi connectivity index (χ3v) is 4.28. The Balaban J connectivity index is 1.48. The Kier molecular flexibility index (Phi) is 3.40. The first kappa shape index (κ1) is 12.5. The van der Waals surface area contributed by atoms with Crippen molar-refractivity contribution >= 4 is 5.91 Å². The molecule has 2 fully saturated rings. The summed E-state index contributed by atoms with van der Waals surface area (Å²) in [6.45, 7) is -0.116. The normalized spacial score (nSPS) is 28.4. The van der Waals surface area contributed by atoms with Crippen LogP contribution < -0.4 is 10.1 Å². The van der Waals surface area contributed by atoms with Gasteiger partial charge < -0.3 is 10.1 Å². The molecule has 0 aromatic heterocycles. The number of hydrogen-bond acceptors (Lipinski definition) is 2. The molecule has 1 N–H and O–H groups in total. The van der Waals surface area contributed by atoms with E-state index in [-0.39, 0.29) is 18.3 Å². The number of nitrogens with one attached hydrogen (secondary N) is 1. The minimum Gasteiger partial charge on any atom is -0.481 e. The van der Waals surface area contributed by atoms with Crippen molar-refractivity contribution in [1.82, 2.24) is 5.32 Å². The van der Waals surface area contributed by atoms with E-state index in [4.69, 9.17) is 4.74 Å². The zero-order chi connectivity index (χ0) is 13.2. The molecular weight excluding hydrogens is 245 g/mol. The van der Waals surface area contributed by atoms with E-state index in [2.05, 4.69) is 5.32 Å². The van der Waals surface area contributed by atoms with Crippen LogP contribution in [0.4, 0.5) is 4.39 Å². The largest absolute Gasteiger partial charge is 0.481 e. The van der Waals surface area contributed by atoms with Crippen molar-refractivity contribution in [3.05, 3.63) is 30.1 Å². The fraction of sp³-hybridized carbons (Fsp3) is 0.533. The first-order chi connectivity index (χ1) is 9.22. The lowest BCUT2D eigenvalue weighted by Gasteiger charge is -2.22. The fourth-order valence-corrected chi connectivity index (χ4v) is 3.38. The van der Waals surface area contributed by atoms with Crippen LogP contribution in [0.25, 0.3) is 0 Å². The van der Waals surface area contributed by atoms with Gasteiger partial charge in [-0.2, -0.15) is 0 Å². The highest BCUT2D eigenvalue weighted by Gasteiger charge is 2.40. The summed E-state index contributed by atoms with van der Waals surface area (Å²) in [6, 6.07) is 6.43. The molecule has 3 atom stereocenters. The molecule has 0 unspecified atom stereocenters. The number of hydrogen-bond donors (Lipinski definition) is 1. The summed E-state index contributed by atoms with van der Waals surface area (Å²) < 4.78 is 18.5. The number of halogens is 1. The molecule has 3 nitrogen and oxygen atoms in total. The first-order valence-corrected chi connectivity index (χ1v) is 6.89. The molecule has 0 spiro atoms. The van der Waals surface area contributed by atoms with Crippen molar-refractivity contribution in [2.75, 3.05) is 6.61 Å². The average molecular weight is 263 g/mol. The molecule has 0 heterocycles. The minimum atomic E-state index is -0.435. The van der Waals surface area contributed by atoms with Gasteiger partial charge in [-0.25, -0.2) is 4.39 Å². The minimum absolute atomic E-state index is 0.116. The van der Waals surface area contributed by atoms with Gasteiger partial charge in [-0.05, 0) is 43.2 Å². The predicted molar refractivity (Wildman–Crippen MR) is 69.3 cm³/mol. The maximum absolute atomic E-state index is 13.3. The van der Waals surface area contributed by atoms with E-state index in [1.807, 2.05) is 0 Å². The van der Waals surface area contributed by atoms with Crippen LogP contribution >= 0.6 is 0 Å². The van der Waals surface area contributed by atoms with Gasteiger partial charge in [-0.1, -0.05) is 18.6 Å². The van der Waals surface area contributed by atoms with Crippen molar-refractivity contribution in [2.24, 2.45) is 11.8 Å². The van der Waals surface area contributed by atoms with Crippen LogP contribution in [0.1, 0.15) is 25.7 Å². The third-order valence-electron chi connectivity index (χ3n) is 4.28. The molecule has 4 heteroatoms. The molecule has 102 valence electrons. The van der Waals surface area contributed by atoms with Crippen molar-refractivity contribution in [1.29, 1.82) is 0 Å². The van der Waals surface area contributed by atoms with Gasteiger partial charge in [0.2, 0.25) is 0 Å². The predicted octanol–water partition coefficient (Wildman–Crippen LogP) is 2.51. The molecule has 2 aliphatic carbocycles.